The molecule has 0 saturated heterocycles. The molecule has 1 heterocycles. The van der Waals surface area contributed by atoms with Crippen molar-refractivity contribution in [3.8, 4) is 0 Å². The van der Waals surface area contributed by atoms with Gasteiger partial charge in [0, 0.05) is 5.92 Å². The van der Waals surface area contributed by atoms with Crippen molar-refractivity contribution in [1.82, 2.24) is 0 Å². The largest absolute Gasteiger partial charge is 0.223 e. The van der Waals surface area contributed by atoms with Crippen molar-refractivity contribution in [2.24, 2.45) is 0 Å². The summed E-state index contributed by atoms with van der Waals surface area (Å²) in [6.45, 7) is 0. The van der Waals surface area contributed by atoms with Gasteiger partial charge in [0.15, 0.2) is 9.84 Å². The van der Waals surface area contributed by atoms with Gasteiger partial charge in [-0.2, -0.15) is 0 Å². The maximum atomic E-state index is 11.6. The summed E-state index contributed by atoms with van der Waals surface area (Å²) in [5, 5.41) is -0.0742. The molecule has 2 aliphatic rings. The third kappa shape index (κ3) is 0.591. The third-order valence-corrected chi connectivity index (χ3v) is 5.06. The van der Waals surface area contributed by atoms with Crippen molar-refractivity contribution in [2.45, 2.75) is 22.5 Å². The van der Waals surface area contributed by atoms with E-state index in [4.69, 9.17) is 0 Å². The first-order valence-electron chi connectivity index (χ1n) is 4.04. The van der Waals surface area contributed by atoms with Crippen LogP contribution in [0.5, 0.6) is 0 Å². The van der Waals surface area contributed by atoms with Crippen LogP contribution in [-0.2, 0) is 9.84 Å². The van der Waals surface area contributed by atoms with Crippen molar-refractivity contribution >= 4 is 9.84 Å². The van der Waals surface area contributed by atoms with Crippen molar-refractivity contribution < 1.29 is 8.42 Å². The molecule has 0 amide bonds. The molecular weight excluding hydrogens is 172 g/mol. The quantitative estimate of drug-likeness (QED) is 0.603. The Labute approximate surface area is 71.1 Å². The Morgan fingerprint density at radius 2 is 2.00 bits per heavy atom. The molecule has 1 saturated carbocycles. The summed E-state index contributed by atoms with van der Waals surface area (Å²) in [6.07, 6.45) is 0.847. The summed E-state index contributed by atoms with van der Waals surface area (Å²) in [6, 6.07) is 7.36. The van der Waals surface area contributed by atoms with Gasteiger partial charge in [-0.3, -0.25) is 0 Å². The first-order chi connectivity index (χ1) is 5.71. The average Bonchev–Trinajstić information content (AvgIpc) is 2.80. The van der Waals surface area contributed by atoms with Gasteiger partial charge < -0.3 is 0 Å². The van der Waals surface area contributed by atoms with Gasteiger partial charge in [-0.1, -0.05) is 18.2 Å². The van der Waals surface area contributed by atoms with Gasteiger partial charge in [0.2, 0.25) is 0 Å². The lowest BCUT2D eigenvalue weighted by molar-refractivity contribution is 0.597. The molecule has 1 aromatic carbocycles. The molecule has 12 heavy (non-hydrogen) atoms. The highest BCUT2D eigenvalue weighted by molar-refractivity contribution is 7.92. The second kappa shape index (κ2) is 1.74. The maximum Gasteiger partial charge on any atom is 0.182 e. The van der Waals surface area contributed by atoms with E-state index in [0.717, 1.165) is 12.0 Å². The van der Waals surface area contributed by atoms with Crippen molar-refractivity contribution in [3.05, 3.63) is 29.8 Å². The van der Waals surface area contributed by atoms with E-state index in [1.807, 2.05) is 12.1 Å². The van der Waals surface area contributed by atoms with Crippen molar-refractivity contribution in [2.75, 3.05) is 0 Å². The van der Waals surface area contributed by atoms with Gasteiger partial charge in [0.25, 0.3) is 0 Å². The molecule has 0 bridgehead atoms. The molecule has 62 valence electrons. The van der Waals surface area contributed by atoms with Gasteiger partial charge >= 0.3 is 0 Å². The number of benzene rings is 1. The summed E-state index contributed by atoms with van der Waals surface area (Å²) >= 11 is 0. The van der Waals surface area contributed by atoms with Crippen LogP contribution >= 0.6 is 0 Å². The van der Waals surface area contributed by atoms with Crippen LogP contribution < -0.4 is 0 Å². The Hall–Kier alpha value is -0.830. The van der Waals surface area contributed by atoms with Crippen molar-refractivity contribution in [1.29, 1.82) is 0 Å². The smallest absolute Gasteiger partial charge is 0.182 e. The minimum absolute atomic E-state index is 0.0742. The minimum Gasteiger partial charge on any atom is -0.223 e. The molecule has 0 aromatic heterocycles. The van der Waals surface area contributed by atoms with Crippen LogP contribution in [0.1, 0.15) is 17.9 Å². The Morgan fingerprint density at radius 1 is 1.25 bits per heavy atom. The summed E-state index contributed by atoms with van der Waals surface area (Å²) < 4.78 is 23.3. The molecule has 2 atom stereocenters. The molecule has 0 radical (unpaired) electrons. The SMILES string of the molecule is O=S1(=O)c2ccccc2C2CC21. The zero-order chi connectivity index (χ0) is 8.34. The Morgan fingerprint density at radius 3 is 2.75 bits per heavy atom. The van der Waals surface area contributed by atoms with Crippen LogP contribution in [0, 0.1) is 0 Å². The molecule has 1 aliphatic heterocycles. The predicted molar refractivity (Wildman–Crippen MR) is 44.8 cm³/mol. The molecule has 3 rings (SSSR count). The molecule has 1 fully saturated rings. The molecule has 1 aliphatic carbocycles. The Kier molecular flexibility index (Phi) is 0.966. The fourth-order valence-corrected chi connectivity index (χ4v) is 4.23. The lowest BCUT2D eigenvalue weighted by atomic mass is 10.1. The van der Waals surface area contributed by atoms with E-state index in [2.05, 4.69) is 0 Å². The first-order valence-corrected chi connectivity index (χ1v) is 5.59. The number of hydrogen-bond acceptors (Lipinski definition) is 2. The molecular formula is C9H8O2S. The van der Waals surface area contributed by atoms with E-state index in [9.17, 15) is 8.42 Å². The van der Waals surface area contributed by atoms with Crippen LogP contribution in [0.3, 0.4) is 0 Å². The molecule has 0 N–H and O–H groups in total. The topological polar surface area (TPSA) is 34.1 Å². The Bertz CT molecular complexity index is 447. The summed E-state index contributed by atoms with van der Waals surface area (Å²) in [4.78, 5) is 0.575. The van der Waals surface area contributed by atoms with Gasteiger partial charge in [-0.05, 0) is 18.1 Å². The summed E-state index contributed by atoms with van der Waals surface area (Å²) in [7, 11) is -2.91. The Balaban J connectivity index is 2.40. The predicted octanol–water partition coefficient (Wildman–Crippen LogP) is 1.33. The van der Waals surface area contributed by atoms with Crippen LogP contribution in [0.25, 0.3) is 0 Å². The third-order valence-electron chi connectivity index (χ3n) is 2.76. The fourth-order valence-electron chi connectivity index (χ4n) is 2.05. The van der Waals surface area contributed by atoms with Gasteiger partial charge in [-0.15, -0.1) is 0 Å². The van der Waals surface area contributed by atoms with Crippen LogP contribution in [0.4, 0.5) is 0 Å². The number of rotatable bonds is 0. The molecule has 3 heteroatoms. The molecule has 2 unspecified atom stereocenters. The van der Waals surface area contributed by atoms with E-state index in [1.165, 1.54) is 0 Å². The second-order valence-corrected chi connectivity index (χ2v) is 5.60. The van der Waals surface area contributed by atoms with Gasteiger partial charge in [0.05, 0.1) is 10.1 Å². The van der Waals surface area contributed by atoms with Crippen LogP contribution in [0.15, 0.2) is 29.2 Å². The van der Waals surface area contributed by atoms with Crippen LogP contribution in [0.2, 0.25) is 0 Å². The lowest BCUT2D eigenvalue weighted by Crippen LogP contribution is -2.02. The number of hydrogen-bond donors (Lipinski definition) is 0. The van der Waals surface area contributed by atoms with E-state index < -0.39 is 9.84 Å². The summed E-state index contributed by atoms with van der Waals surface area (Å²) in [5.74, 6) is 0.325. The highest BCUT2D eigenvalue weighted by atomic mass is 32.2. The fraction of sp³-hybridized carbons (Fsp3) is 0.333. The number of sulfone groups is 1. The highest BCUT2D eigenvalue weighted by Crippen LogP contribution is 2.56. The zero-order valence-electron chi connectivity index (χ0n) is 6.40. The molecule has 1 aromatic rings. The monoisotopic (exact) mass is 180 g/mol. The average molecular weight is 180 g/mol. The lowest BCUT2D eigenvalue weighted by Gasteiger charge is -1.99. The van der Waals surface area contributed by atoms with E-state index in [1.54, 1.807) is 12.1 Å². The maximum absolute atomic E-state index is 11.6. The molecule has 0 spiro atoms. The normalized spacial score (nSPS) is 34.0. The first kappa shape index (κ1) is 6.66. The highest BCUT2D eigenvalue weighted by Gasteiger charge is 2.56. The number of fused-ring (bicyclic) bond motifs is 3. The minimum atomic E-state index is -2.91. The van der Waals surface area contributed by atoms with E-state index >= 15 is 0 Å². The van der Waals surface area contributed by atoms with Crippen molar-refractivity contribution in [3.63, 3.8) is 0 Å². The van der Waals surface area contributed by atoms with Crippen LogP contribution in [-0.4, -0.2) is 13.7 Å². The van der Waals surface area contributed by atoms with Gasteiger partial charge in [-0.25, -0.2) is 8.42 Å². The van der Waals surface area contributed by atoms with Gasteiger partial charge in [0.1, 0.15) is 0 Å². The zero-order valence-corrected chi connectivity index (χ0v) is 7.21. The van der Waals surface area contributed by atoms with E-state index in [0.29, 0.717) is 10.8 Å². The summed E-state index contributed by atoms with van der Waals surface area (Å²) in [5.41, 5.74) is 1.04. The standard InChI is InChI=1S/C9H8O2S/c10-12(11)8-4-2-1-3-6(8)7-5-9(7)12/h1-4,7,9H,5H2. The molecule has 2 nitrogen and oxygen atoms in total. The second-order valence-electron chi connectivity index (χ2n) is 3.46. The van der Waals surface area contributed by atoms with E-state index in [-0.39, 0.29) is 5.25 Å².